The van der Waals surface area contributed by atoms with Crippen molar-refractivity contribution in [1.82, 2.24) is 0 Å². The van der Waals surface area contributed by atoms with E-state index in [0.29, 0.717) is 0 Å². The van der Waals surface area contributed by atoms with E-state index in [0.717, 1.165) is 0 Å². The number of benzene rings is 11. The summed E-state index contributed by atoms with van der Waals surface area (Å²) in [5.74, 6) is 0. The Labute approximate surface area is 350 Å². The molecule has 270 valence electrons. The first-order valence-corrected chi connectivity index (χ1v) is 20.9. The van der Waals surface area contributed by atoms with Gasteiger partial charge in [-0.2, -0.15) is 0 Å². The second-order valence-corrected chi connectivity index (χ2v) is 16.5. The van der Waals surface area contributed by atoms with Gasteiger partial charge in [-0.05, 0) is 121 Å². The molecule has 5 heteroatoms. The van der Waals surface area contributed by atoms with Crippen LogP contribution in [0.3, 0.4) is 0 Å². The molecule has 0 radical (unpaired) electrons. The predicted octanol–water partition coefficient (Wildman–Crippen LogP) is 6.57. The molecule has 11 aromatic carbocycles. The van der Waals surface area contributed by atoms with E-state index in [4.69, 9.17) is 0 Å². The summed E-state index contributed by atoms with van der Waals surface area (Å²) in [6.07, 6.45) is 0. The summed E-state index contributed by atoms with van der Waals surface area (Å²) in [5.41, 5.74) is 17.2. The van der Waals surface area contributed by atoms with E-state index in [-0.39, 0.29) is 0 Å². The molecule has 0 aliphatic rings. The smallest absolute Gasteiger partial charge is 0.102 e. The Hall–Kier alpha value is -6.70. The highest BCUT2D eigenvalue weighted by Crippen LogP contribution is 2.46. The van der Waals surface area contributed by atoms with Gasteiger partial charge in [0.1, 0.15) is 39.2 Å². The van der Waals surface area contributed by atoms with Gasteiger partial charge in [0, 0.05) is 0 Å². The van der Waals surface area contributed by atoms with Crippen LogP contribution < -0.4 is 27.3 Å². The highest BCUT2D eigenvalue weighted by molar-refractivity contribution is 6.69. The van der Waals surface area contributed by atoms with E-state index in [9.17, 15) is 0 Å². The fourth-order valence-corrected chi connectivity index (χ4v) is 10.3. The van der Waals surface area contributed by atoms with Gasteiger partial charge < -0.3 is 0 Å². The van der Waals surface area contributed by atoms with Crippen molar-refractivity contribution in [2.75, 3.05) is 0 Å². The van der Waals surface area contributed by atoms with Crippen LogP contribution in [-0.4, -0.2) is 39.2 Å². The molecule has 0 spiro atoms. The second kappa shape index (κ2) is 13.7. The predicted molar refractivity (Wildman–Crippen MR) is 274 cm³/mol. The Bertz CT molecular complexity index is 3410. The number of hydrogen-bond acceptors (Lipinski definition) is 0. The van der Waals surface area contributed by atoms with Crippen LogP contribution in [0.4, 0.5) is 0 Å². The van der Waals surface area contributed by atoms with Crippen LogP contribution in [0, 0.1) is 0 Å². The minimum atomic E-state index is 1.23. The highest BCUT2D eigenvalue weighted by atomic mass is 14.2. The van der Waals surface area contributed by atoms with Crippen LogP contribution in [0.1, 0.15) is 0 Å². The van der Waals surface area contributed by atoms with Crippen LogP contribution in [0.15, 0.2) is 176 Å². The van der Waals surface area contributed by atoms with E-state index >= 15 is 0 Å². The molecular formula is C54H39B5. The molecule has 0 aliphatic heterocycles. The van der Waals surface area contributed by atoms with Gasteiger partial charge >= 0.3 is 0 Å². The Morgan fingerprint density at radius 3 is 0.864 bits per heavy atom. The average Bonchev–Trinajstić information content (AvgIpc) is 3.29. The fourth-order valence-electron chi connectivity index (χ4n) is 10.3. The third kappa shape index (κ3) is 5.38. The first-order chi connectivity index (χ1) is 28.9. The molecule has 0 N–H and O–H groups in total. The van der Waals surface area contributed by atoms with Crippen LogP contribution in [0.25, 0.3) is 109 Å². The first-order valence-electron chi connectivity index (χ1n) is 20.9. The molecule has 11 aromatic rings. The monoisotopic (exact) mass is 742 g/mol. The van der Waals surface area contributed by atoms with Crippen molar-refractivity contribution in [2.45, 2.75) is 0 Å². The zero-order chi connectivity index (χ0) is 39.9. The first kappa shape index (κ1) is 35.5. The van der Waals surface area contributed by atoms with E-state index in [1.165, 1.54) is 136 Å². The molecule has 0 unspecified atom stereocenters. The maximum absolute atomic E-state index is 2.46. The summed E-state index contributed by atoms with van der Waals surface area (Å²) in [6.45, 7) is 0. The number of rotatable bonds is 4. The van der Waals surface area contributed by atoms with Crippen molar-refractivity contribution in [1.29, 1.82) is 0 Å². The van der Waals surface area contributed by atoms with Gasteiger partial charge in [-0.25, -0.2) is 0 Å². The van der Waals surface area contributed by atoms with Gasteiger partial charge in [-0.1, -0.05) is 175 Å². The normalized spacial score (nSPS) is 11.7. The molecule has 0 saturated carbocycles. The van der Waals surface area contributed by atoms with Gasteiger partial charge in [0.15, 0.2) is 0 Å². The topological polar surface area (TPSA) is 0 Å². The van der Waals surface area contributed by atoms with E-state index in [2.05, 4.69) is 215 Å². The standard InChI is InChI=1S/C54H39B5/c55-50-49(51(56)53(58)54(59)52(50)57)48-41-20-10-8-18-39(41)47(40-19-9-11-21-42(40)48)34-27-25-31-23-22-30-24-26-33(28-43(30)44(31)29-34)46-37-16-6-4-14-35(37)45(32-12-2-1-3-13-32)36-15-5-7-17-38(36)46/h1-29H,55-59H2. The summed E-state index contributed by atoms with van der Waals surface area (Å²) in [4.78, 5) is 0. The third-order valence-corrected chi connectivity index (χ3v) is 13.6. The van der Waals surface area contributed by atoms with Crippen molar-refractivity contribution in [3.05, 3.63) is 176 Å². The molecule has 0 atom stereocenters. The van der Waals surface area contributed by atoms with Crippen molar-refractivity contribution < 1.29 is 0 Å². The number of fused-ring (bicyclic) bond motifs is 7. The lowest BCUT2D eigenvalue weighted by molar-refractivity contribution is 1.66. The molecule has 0 heterocycles. The lowest BCUT2D eigenvalue weighted by Gasteiger charge is -2.24. The summed E-state index contributed by atoms with van der Waals surface area (Å²) in [7, 11) is 11.5. The molecule has 0 bridgehead atoms. The van der Waals surface area contributed by atoms with Gasteiger partial charge in [0.25, 0.3) is 0 Å². The van der Waals surface area contributed by atoms with Crippen LogP contribution in [-0.2, 0) is 0 Å². The fraction of sp³-hybridized carbons (Fsp3) is 0. The van der Waals surface area contributed by atoms with Crippen molar-refractivity contribution >= 4 is 131 Å². The van der Waals surface area contributed by atoms with Crippen LogP contribution >= 0.6 is 0 Å². The Kier molecular flexibility index (Phi) is 8.24. The lowest BCUT2D eigenvalue weighted by Crippen LogP contribution is -2.55. The molecule has 0 aromatic heterocycles. The molecule has 0 saturated heterocycles. The van der Waals surface area contributed by atoms with E-state index in [1.807, 2.05) is 0 Å². The second-order valence-electron chi connectivity index (χ2n) is 16.5. The van der Waals surface area contributed by atoms with Crippen molar-refractivity contribution in [3.63, 3.8) is 0 Å². The summed E-state index contributed by atoms with van der Waals surface area (Å²) < 4.78 is 0. The summed E-state index contributed by atoms with van der Waals surface area (Å²) >= 11 is 0. The van der Waals surface area contributed by atoms with E-state index < -0.39 is 0 Å². The molecule has 0 amide bonds. The SMILES string of the molecule is Bc1c(B)c(B)c(-c2c3ccccc3c(-c3ccc4ccc5ccc(-c6c7ccccc7c(-c7ccccc7)c7ccccc67)cc5c4c3)c3ccccc23)c(B)c1B. The van der Waals surface area contributed by atoms with Gasteiger partial charge in [0.05, 0.1) is 0 Å². The van der Waals surface area contributed by atoms with Crippen molar-refractivity contribution in [3.8, 4) is 44.5 Å². The van der Waals surface area contributed by atoms with Gasteiger partial charge in [-0.15, -0.1) is 16.4 Å². The van der Waals surface area contributed by atoms with Crippen molar-refractivity contribution in [2.24, 2.45) is 0 Å². The zero-order valence-electron chi connectivity index (χ0n) is 34.2. The molecular weight excluding hydrogens is 703 g/mol. The Balaban J connectivity index is 1.18. The zero-order valence-corrected chi connectivity index (χ0v) is 34.2. The molecule has 0 aliphatic carbocycles. The molecule has 59 heavy (non-hydrogen) atoms. The van der Waals surface area contributed by atoms with Crippen LogP contribution in [0.2, 0.25) is 0 Å². The molecule has 0 fully saturated rings. The van der Waals surface area contributed by atoms with Crippen LogP contribution in [0.5, 0.6) is 0 Å². The molecule has 11 rings (SSSR count). The quantitative estimate of drug-likeness (QED) is 0.109. The molecule has 0 nitrogen and oxygen atoms in total. The van der Waals surface area contributed by atoms with E-state index in [1.54, 1.807) is 0 Å². The van der Waals surface area contributed by atoms with Gasteiger partial charge in [0.2, 0.25) is 0 Å². The lowest BCUT2D eigenvalue weighted by atomic mass is 9.59. The maximum Gasteiger partial charge on any atom is 0.139 e. The highest BCUT2D eigenvalue weighted by Gasteiger charge is 2.22. The Morgan fingerprint density at radius 1 is 0.203 bits per heavy atom. The largest absolute Gasteiger partial charge is 0.139 e. The summed E-state index contributed by atoms with van der Waals surface area (Å²) in [5, 5.41) is 15.3. The average molecular weight is 742 g/mol. The minimum absolute atomic E-state index is 1.23. The Morgan fingerprint density at radius 2 is 0.492 bits per heavy atom. The maximum atomic E-state index is 2.46. The number of hydrogen-bond donors (Lipinski definition) is 0. The third-order valence-electron chi connectivity index (χ3n) is 13.6. The van der Waals surface area contributed by atoms with Gasteiger partial charge in [-0.3, -0.25) is 0 Å². The summed E-state index contributed by atoms with van der Waals surface area (Å²) in [6, 6.07) is 65.7. The minimum Gasteiger partial charge on any atom is -0.102 e.